The van der Waals surface area contributed by atoms with Crippen molar-refractivity contribution in [2.75, 3.05) is 0 Å². The van der Waals surface area contributed by atoms with Gasteiger partial charge in [-0.3, -0.25) is 0 Å². The van der Waals surface area contributed by atoms with Gasteiger partial charge in [-0.25, -0.2) is 4.68 Å². The lowest BCUT2D eigenvalue weighted by molar-refractivity contribution is 0.826. The molecule has 0 spiro atoms. The zero-order valence-electron chi connectivity index (χ0n) is 12.5. The van der Waals surface area contributed by atoms with Crippen molar-refractivity contribution in [3.05, 3.63) is 71.5 Å². The lowest BCUT2D eigenvalue weighted by atomic mass is 10.2. The second-order valence-electron chi connectivity index (χ2n) is 5.11. The molecular weight excluding hydrogens is 276 g/mol. The quantitative estimate of drug-likeness (QED) is 0.680. The highest BCUT2D eigenvalue weighted by atomic mass is 32.2. The Morgan fingerprint density at radius 1 is 0.857 bits per heavy atom. The molecule has 1 heterocycles. The summed E-state index contributed by atoms with van der Waals surface area (Å²) in [5.74, 6) is 0. The van der Waals surface area contributed by atoms with Crippen molar-refractivity contribution in [2.45, 2.75) is 30.6 Å². The second kappa shape index (κ2) is 5.78. The molecule has 3 heteroatoms. The smallest absolute Gasteiger partial charge is 0.0740 e. The van der Waals surface area contributed by atoms with E-state index >= 15 is 0 Å². The van der Waals surface area contributed by atoms with E-state index in [-0.39, 0.29) is 0 Å². The molecule has 0 saturated carbocycles. The molecule has 3 rings (SSSR count). The molecule has 0 fully saturated rings. The molecule has 1 aromatic heterocycles. The van der Waals surface area contributed by atoms with Crippen LogP contribution in [0, 0.1) is 20.8 Å². The fourth-order valence-corrected chi connectivity index (χ4v) is 3.37. The lowest BCUT2D eigenvalue weighted by Gasteiger charge is -2.08. The van der Waals surface area contributed by atoms with Crippen molar-refractivity contribution in [2.24, 2.45) is 0 Å². The third-order valence-electron chi connectivity index (χ3n) is 3.53. The summed E-state index contributed by atoms with van der Waals surface area (Å²) >= 11 is 1.78. The molecule has 21 heavy (non-hydrogen) atoms. The van der Waals surface area contributed by atoms with Crippen molar-refractivity contribution in [1.82, 2.24) is 9.78 Å². The van der Waals surface area contributed by atoms with E-state index in [0.29, 0.717) is 0 Å². The molecule has 0 saturated heterocycles. The van der Waals surface area contributed by atoms with Gasteiger partial charge >= 0.3 is 0 Å². The summed E-state index contributed by atoms with van der Waals surface area (Å²) in [6.07, 6.45) is 0. The van der Waals surface area contributed by atoms with Crippen molar-refractivity contribution >= 4 is 11.8 Å². The Morgan fingerprint density at radius 2 is 1.52 bits per heavy atom. The van der Waals surface area contributed by atoms with Crippen LogP contribution in [0.1, 0.15) is 17.0 Å². The highest BCUT2D eigenvalue weighted by Gasteiger charge is 2.14. The minimum atomic E-state index is 1.07. The maximum atomic E-state index is 4.73. The number of nitrogens with zero attached hydrogens (tertiary/aromatic N) is 2. The van der Waals surface area contributed by atoms with Gasteiger partial charge < -0.3 is 0 Å². The Bertz CT molecular complexity index is 760. The fraction of sp³-hybridized carbons (Fsp3) is 0.167. The van der Waals surface area contributed by atoms with Crippen LogP contribution in [0.4, 0.5) is 0 Å². The van der Waals surface area contributed by atoms with E-state index < -0.39 is 0 Å². The van der Waals surface area contributed by atoms with E-state index in [9.17, 15) is 0 Å². The normalized spacial score (nSPS) is 10.8. The average molecular weight is 294 g/mol. The maximum absolute atomic E-state index is 4.73. The number of rotatable bonds is 3. The van der Waals surface area contributed by atoms with Crippen molar-refractivity contribution in [3.8, 4) is 5.69 Å². The Labute approximate surface area is 129 Å². The largest absolute Gasteiger partial charge is 0.236 e. The first kappa shape index (κ1) is 14.0. The van der Waals surface area contributed by atoms with Crippen LogP contribution < -0.4 is 0 Å². The second-order valence-corrected chi connectivity index (χ2v) is 6.20. The first-order valence-electron chi connectivity index (χ1n) is 7.02. The van der Waals surface area contributed by atoms with Gasteiger partial charge in [0.1, 0.15) is 0 Å². The number of hydrogen-bond acceptors (Lipinski definition) is 2. The van der Waals surface area contributed by atoms with Crippen LogP contribution in [-0.2, 0) is 0 Å². The molecule has 0 bridgehead atoms. The van der Waals surface area contributed by atoms with Crippen LogP contribution in [0.25, 0.3) is 5.69 Å². The van der Waals surface area contributed by atoms with Crippen LogP contribution in [0.2, 0.25) is 0 Å². The predicted molar refractivity (Wildman–Crippen MR) is 88.3 cm³/mol. The third-order valence-corrected chi connectivity index (χ3v) is 4.83. The summed E-state index contributed by atoms with van der Waals surface area (Å²) < 4.78 is 2.05. The summed E-state index contributed by atoms with van der Waals surface area (Å²) in [4.78, 5) is 2.48. The van der Waals surface area contributed by atoms with Gasteiger partial charge in [-0.2, -0.15) is 5.10 Å². The Hall–Kier alpha value is -2.00. The summed E-state index contributed by atoms with van der Waals surface area (Å²) in [6.45, 7) is 6.33. The number of benzene rings is 2. The van der Waals surface area contributed by atoms with Gasteiger partial charge in [0, 0.05) is 4.90 Å². The van der Waals surface area contributed by atoms with Gasteiger partial charge in [-0.05, 0) is 44.5 Å². The molecule has 0 unspecified atom stereocenters. The fourth-order valence-electron chi connectivity index (χ4n) is 2.42. The van der Waals surface area contributed by atoms with Gasteiger partial charge in [0.05, 0.1) is 22.0 Å². The van der Waals surface area contributed by atoms with Crippen molar-refractivity contribution in [1.29, 1.82) is 0 Å². The number of hydrogen-bond donors (Lipinski definition) is 0. The number of para-hydroxylation sites is 1. The van der Waals surface area contributed by atoms with Gasteiger partial charge in [-0.15, -0.1) is 0 Å². The minimum Gasteiger partial charge on any atom is -0.236 e. The monoisotopic (exact) mass is 294 g/mol. The van der Waals surface area contributed by atoms with E-state index in [2.05, 4.69) is 74.0 Å². The molecule has 3 aromatic rings. The number of aromatic nitrogens is 2. The average Bonchev–Trinajstić information content (AvgIpc) is 2.77. The predicted octanol–water partition coefficient (Wildman–Crippen LogP) is 4.95. The molecule has 2 aromatic carbocycles. The minimum absolute atomic E-state index is 1.07. The Balaban J connectivity index is 2.03. The lowest BCUT2D eigenvalue weighted by Crippen LogP contribution is -2.01. The summed E-state index contributed by atoms with van der Waals surface area (Å²) in [5, 5.41) is 4.73. The Kier molecular flexibility index (Phi) is 3.84. The van der Waals surface area contributed by atoms with E-state index in [1.807, 2.05) is 6.07 Å². The maximum Gasteiger partial charge on any atom is 0.0740 e. The van der Waals surface area contributed by atoms with E-state index in [0.717, 1.165) is 11.4 Å². The van der Waals surface area contributed by atoms with E-state index in [4.69, 9.17) is 5.10 Å². The van der Waals surface area contributed by atoms with Crippen molar-refractivity contribution in [3.63, 3.8) is 0 Å². The third kappa shape index (κ3) is 2.74. The molecule has 0 radical (unpaired) electrons. The SMILES string of the molecule is Cc1ccccc1-n1nc(C)c(Sc2ccccc2)c1C. The van der Waals surface area contributed by atoms with Gasteiger partial charge in [-0.1, -0.05) is 48.2 Å². The molecular formula is C18H18N2S. The van der Waals surface area contributed by atoms with Gasteiger partial charge in [0.2, 0.25) is 0 Å². The summed E-state index contributed by atoms with van der Waals surface area (Å²) in [7, 11) is 0. The molecule has 0 aliphatic heterocycles. The van der Waals surface area contributed by atoms with Crippen LogP contribution in [0.15, 0.2) is 64.4 Å². The molecule has 2 nitrogen and oxygen atoms in total. The first-order chi connectivity index (χ1) is 10.2. The number of aryl methyl sites for hydroxylation is 2. The summed E-state index contributed by atoms with van der Waals surface area (Å²) in [6, 6.07) is 18.8. The highest BCUT2D eigenvalue weighted by molar-refractivity contribution is 7.99. The molecule has 0 aliphatic rings. The standard InChI is InChI=1S/C18H18N2S/c1-13-9-7-8-12-17(13)20-15(3)18(14(2)19-20)21-16-10-5-4-6-11-16/h4-12H,1-3H3. The summed E-state index contributed by atoms with van der Waals surface area (Å²) in [5.41, 5.74) is 4.65. The molecule has 0 amide bonds. The first-order valence-corrected chi connectivity index (χ1v) is 7.83. The van der Waals surface area contributed by atoms with Crippen LogP contribution >= 0.6 is 11.8 Å². The molecule has 106 valence electrons. The van der Waals surface area contributed by atoms with Crippen molar-refractivity contribution < 1.29 is 0 Å². The van der Waals surface area contributed by atoms with E-state index in [1.165, 1.54) is 21.0 Å². The van der Waals surface area contributed by atoms with Gasteiger partial charge in [0.25, 0.3) is 0 Å². The Morgan fingerprint density at radius 3 is 2.24 bits per heavy atom. The van der Waals surface area contributed by atoms with E-state index in [1.54, 1.807) is 11.8 Å². The van der Waals surface area contributed by atoms with Gasteiger partial charge in [0.15, 0.2) is 0 Å². The zero-order valence-corrected chi connectivity index (χ0v) is 13.3. The van der Waals surface area contributed by atoms with Crippen LogP contribution in [-0.4, -0.2) is 9.78 Å². The molecule has 0 atom stereocenters. The highest BCUT2D eigenvalue weighted by Crippen LogP contribution is 2.33. The molecule has 0 aliphatic carbocycles. The topological polar surface area (TPSA) is 17.8 Å². The molecule has 0 N–H and O–H groups in total. The zero-order chi connectivity index (χ0) is 14.8. The van der Waals surface area contributed by atoms with Crippen LogP contribution in [0.3, 0.4) is 0 Å². The van der Waals surface area contributed by atoms with Crippen LogP contribution in [0.5, 0.6) is 0 Å².